The second-order valence-corrected chi connectivity index (χ2v) is 6.70. The van der Waals surface area contributed by atoms with Crippen molar-refractivity contribution in [1.29, 1.82) is 0 Å². The highest BCUT2D eigenvalue weighted by Crippen LogP contribution is 2.63. The van der Waals surface area contributed by atoms with Crippen molar-refractivity contribution in [3.8, 4) is 0 Å². The lowest BCUT2D eigenvalue weighted by molar-refractivity contribution is -0.128. The number of Topliss-reactive ketones (excluding diaryl/α,β-unsaturated/α-hetero) is 1. The third kappa shape index (κ3) is 2.53. The van der Waals surface area contributed by atoms with Crippen LogP contribution in [0.5, 0.6) is 0 Å². The average molecular weight is 264 g/mol. The van der Waals surface area contributed by atoms with Crippen molar-refractivity contribution in [3.05, 3.63) is 0 Å². The molecule has 2 aliphatic carbocycles. The summed E-state index contributed by atoms with van der Waals surface area (Å²) in [5.41, 5.74) is 0.307. The fourth-order valence-electron chi connectivity index (χ4n) is 2.90. The number of ketones is 1. The molecule has 0 saturated heterocycles. The molecule has 0 aromatic heterocycles. The molecule has 5 nitrogen and oxygen atoms in total. The van der Waals surface area contributed by atoms with Gasteiger partial charge in [0.05, 0.1) is 7.11 Å². The Hall–Kier alpha value is -0.460. The minimum atomic E-state index is -4.16. The molecule has 0 radical (unpaired) electrons. The van der Waals surface area contributed by atoms with E-state index in [0.29, 0.717) is 11.7 Å². The number of rotatable bonds is 1. The summed E-state index contributed by atoms with van der Waals surface area (Å²) in [6.07, 6.45) is 3.25. The summed E-state index contributed by atoms with van der Waals surface area (Å²) in [6, 6.07) is 0. The molecule has 0 spiro atoms. The molecule has 0 aliphatic heterocycles. The van der Waals surface area contributed by atoms with Crippen LogP contribution >= 0.6 is 0 Å². The van der Waals surface area contributed by atoms with Gasteiger partial charge >= 0.3 is 10.4 Å². The van der Waals surface area contributed by atoms with E-state index in [-0.39, 0.29) is 10.8 Å². The van der Waals surface area contributed by atoms with Crippen LogP contribution in [-0.2, 0) is 19.4 Å². The largest absolute Gasteiger partial charge is 0.397 e. The zero-order valence-electron chi connectivity index (χ0n) is 10.7. The Kier molecular flexibility index (Phi) is 3.72. The Bertz CT molecular complexity index is 412. The van der Waals surface area contributed by atoms with Gasteiger partial charge in [0.15, 0.2) is 0 Å². The zero-order valence-corrected chi connectivity index (χ0v) is 11.5. The van der Waals surface area contributed by atoms with Gasteiger partial charge in [0.2, 0.25) is 0 Å². The van der Waals surface area contributed by atoms with Crippen LogP contribution in [-0.4, -0.2) is 25.9 Å². The van der Waals surface area contributed by atoms with Crippen LogP contribution in [0.1, 0.15) is 40.0 Å². The van der Waals surface area contributed by atoms with Crippen molar-refractivity contribution < 1.29 is 21.9 Å². The molecule has 0 amide bonds. The van der Waals surface area contributed by atoms with Crippen LogP contribution in [0.25, 0.3) is 0 Å². The van der Waals surface area contributed by atoms with Crippen molar-refractivity contribution in [2.75, 3.05) is 7.11 Å². The van der Waals surface area contributed by atoms with Gasteiger partial charge in [-0.05, 0) is 24.2 Å². The van der Waals surface area contributed by atoms with Gasteiger partial charge in [-0.15, -0.1) is 0 Å². The van der Waals surface area contributed by atoms with Crippen molar-refractivity contribution in [1.82, 2.24) is 0 Å². The van der Waals surface area contributed by atoms with Gasteiger partial charge in [0.25, 0.3) is 0 Å². The van der Waals surface area contributed by atoms with E-state index in [9.17, 15) is 13.2 Å². The minimum absolute atomic E-state index is 0.0255. The third-order valence-electron chi connectivity index (χ3n) is 4.69. The third-order valence-corrected chi connectivity index (χ3v) is 5.11. The maximum absolute atomic E-state index is 11.6. The van der Waals surface area contributed by atoms with Crippen LogP contribution in [0.2, 0.25) is 0 Å². The Balaban J connectivity index is 0.000000209. The molecular weight excluding hydrogens is 244 g/mol. The van der Waals surface area contributed by atoms with E-state index in [0.717, 1.165) is 20.0 Å². The molecule has 0 heterocycles. The smallest absolute Gasteiger partial charge is 0.299 e. The van der Waals surface area contributed by atoms with Gasteiger partial charge in [0, 0.05) is 11.8 Å². The molecule has 0 aromatic carbocycles. The molecule has 2 rings (SSSR count). The normalized spacial score (nSPS) is 34.4. The number of carbonyl (C=O) groups excluding carboxylic acids is 1. The van der Waals surface area contributed by atoms with Crippen LogP contribution < -0.4 is 0 Å². The fourth-order valence-corrected chi connectivity index (χ4v) is 2.90. The lowest BCUT2D eigenvalue weighted by Crippen LogP contribution is -2.32. The van der Waals surface area contributed by atoms with Crippen LogP contribution in [0, 0.1) is 16.7 Å². The molecular formula is C11H20O5S. The summed E-state index contributed by atoms with van der Waals surface area (Å²) in [6.45, 7) is 6.67. The SMILES string of the molecule is CC12CCC(CC1=O)C2(C)C.COS(=O)(=O)O. The second-order valence-electron chi connectivity index (χ2n) is 5.51. The van der Waals surface area contributed by atoms with Crippen molar-refractivity contribution in [2.45, 2.75) is 40.0 Å². The average Bonchev–Trinajstić information content (AvgIpc) is 2.50. The van der Waals surface area contributed by atoms with Crippen LogP contribution in [0.3, 0.4) is 0 Å². The van der Waals surface area contributed by atoms with Crippen molar-refractivity contribution in [2.24, 2.45) is 16.7 Å². The molecule has 2 fully saturated rings. The topological polar surface area (TPSA) is 80.7 Å². The number of hydrogen-bond donors (Lipinski definition) is 1. The second kappa shape index (κ2) is 4.33. The van der Waals surface area contributed by atoms with Gasteiger partial charge in [-0.25, -0.2) is 0 Å². The molecule has 2 aliphatic rings. The van der Waals surface area contributed by atoms with Crippen LogP contribution in [0.15, 0.2) is 0 Å². The van der Waals surface area contributed by atoms with E-state index in [1.165, 1.54) is 6.42 Å². The Labute approximate surface area is 102 Å². The number of carbonyl (C=O) groups is 1. The van der Waals surface area contributed by atoms with E-state index in [1.54, 1.807) is 0 Å². The lowest BCUT2D eigenvalue weighted by atomic mass is 9.70. The van der Waals surface area contributed by atoms with Crippen molar-refractivity contribution >= 4 is 16.2 Å². The van der Waals surface area contributed by atoms with Gasteiger partial charge < -0.3 is 0 Å². The Morgan fingerprint density at radius 1 is 1.35 bits per heavy atom. The van der Waals surface area contributed by atoms with E-state index >= 15 is 0 Å². The quantitative estimate of drug-likeness (QED) is 0.731. The highest BCUT2D eigenvalue weighted by Gasteiger charge is 2.61. The van der Waals surface area contributed by atoms with E-state index in [4.69, 9.17) is 4.55 Å². The molecule has 0 aromatic rings. The standard InChI is InChI=1S/C10H16O.CH4O4S/c1-9(2)7-4-5-10(9,3)8(11)6-7;1-5-6(2,3)4/h7H,4-6H2,1-3H3;1H3,(H,2,3,4). The minimum Gasteiger partial charge on any atom is -0.299 e. The highest BCUT2D eigenvalue weighted by atomic mass is 32.3. The first-order valence-electron chi connectivity index (χ1n) is 5.61. The first kappa shape index (κ1) is 14.6. The van der Waals surface area contributed by atoms with Crippen LogP contribution in [0.4, 0.5) is 0 Å². The van der Waals surface area contributed by atoms with Gasteiger partial charge in [-0.1, -0.05) is 20.8 Å². The first-order chi connectivity index (χ1) is 7.54. The molecule has 6 heteroatoms. The first-order valence-corrected chi connectivity index (χ1v) is 6.97. The summed E-state index contributed by atoms with van der Waals surface area (Å²) in [5, 5.41) is 0. The van der Waals surface area contributed by atoms with Gasteiger partial charge in [-0.3, -0.25) is 13.5 Å². The molecule has 2 bridgehead atoms. The fraction of sp³-hybridized carbons (Fsp3) is 0.909. The summed E-state index contributed by atoms with van der Waals surface area (Å²) in [7, 11) is -3.29. The zero-order chi connectivity index (χ0) is 13.5. The highest BCUT2D eigenvalue weighted by molar-refractivity contribution is 7.80. The summed E-state index contributed by atoms with van der Waals surface area (Å²) < 4.78 is 29.7. The molecule has 2 unspecified atom stereocenters. The maximum atomic E-state index is 11.6. The summed E-state index contributed by atoms with van der Waals surface area (Å²) >= 11 is 0. The van der Waals surface area contributed by atoms with Gasteiger partial charge in [-0.2, -0.15) is 8.42 Å². The molecule has 2 saturated carbocycles. The van der Waals surface area contributed by atoms with E-state index < -0.39 is 10.4 Å². The maximum Gasteiger partial charge on any atom is 0.397 e. The predicted octanol–water partition coefficient (Wildman–Crippen LogP) is 1.84. The Morgan fingerprint density at radius 3 is 1.94 bits per heavy atom. The summed E-state index contributed by atoms with van der Waals surface area (Å²) in [5.74, 6) is 1.19. The van der Waals surface area contributed by atoms with E-state index in [1.807, 2.05) is 0 Å². The monoisotopic (exact) mass is 264 g/mol. The molecule has 1 N–H and O–H groups in total. The predicted molar refractivity (Wildman–Crippen MR) is 62.8 cm³/mol. The number of hydrogen-bond acceptors (Lipinski definition) is 4. The Morgan fingerprint density at radius 2 is 1.82 bits per heavy atom. The molecule has 17 heavy (non-hydrogen) atoms. The van der Waals surface area contributed by atoms with Crippen molar-refractivity contribution in [3.63, 3.8) is 0 Å². The van der Waals surface area contributed by atoms with Gasteiger partial charge in [0.1, 0.15) is 5.78 Å². The number of fused-ring (bicyclic) bond motifs is 2. The van der Waals surface area contributed by atoms with E-state index in [2.05, 4.69) is 25.0 Å². The molecule has 2 atom stereocenters. The lowest BCUT2D eigenvalue weighted by Gasteiger charge is -2.32. The molecule has 100 valence electrons. The summed E-state index contributed by atoms with van der Waals surface area (Å²) in [4.78, 5) is 11.6.